The standard InChI is InChI=1S/C16H28N4O/c1-12(2)10-18-16(17)19-11-15(20(3)4)13-7-6-8-14(9-13)21-5/h6-9,12,15H,10-11H2,1-5H3,(H3,17,18,19). The number of benzene rings is 1. The van der Waals surface area contributed by atoms with E-state index in [4.69, 9.17) is 10.5 Å². The first-order valence-electron chi connectivity index (χ1n) is 7.28. The smallest absolute Gasteiger partial charge is 0.188 e. The fourth-order valence-electron chi connectivity index (χ4n) is 1.99. The van der Waals surface area contributed by atoms with Crippen LogP contribution in [0.25, 0.3) is 0 Å². The number of likely N-dealkylation sites (N-methyl/N-ethyl adjacent to an activating group) is 1. The number of aliphatic imine (C=N–C) groups is 1. The predicted octanol–water partition coefficient (Wildman–Crippen LogP) is 1.86. The molecule has 0 aromatic heterocycles. The lowest BCUT2D eigenvalue weighted by Crippen LogP contribution is -2.38. The zero-order valence-electron chi connectivity index (χ0n) is 13.8. The molecule has 0 fully saturated rings. The second kappa shape index (κ2) is 8.52. The van der Waals surface area contributed by atoms with E-state index in [2.05, 4.69) is 35.1 Å². The summed E-state index contributed by atoms with van der Waals surface area (Å²) in [4.78, 5) is 6.47. The zero-order chi connectivity index (χ0) is 15.8. The van der Waals surface area contributed by atoms with Gasteiger partial charge in [-0.1, -0.05) is 26.0 Å². The normalized spacial score (nSPS) is 13.6. The Morgan fingerprint density at radius 1 is 1.38 bits per heavy atom. The van der Waals surface area contributed by atoms with Crippen LogP contribution in [-0.2, 0) is 0 Å². The third-order valence-electron chi connectivity index (χ3n) is 3.21. The molecule has 0 spiro atoms. The van der Waals surface area contributed by atoms with Crippen molar-refractivity contribution >= 4 is 5.96 Å². The highest BCUT2D eigenvalue weighted by Gasteiger charge is 2.14. The van der Waals surface area contributed by atoms with Crippen LogP contribution in [0.2, 0.25) is 0 Å². The summed E-state index contributed by atoms with van der Waals surface area (Å²) in [5, 5.41) is 3.20. The summed E-state index contributed by atoms with van der Waals surface area (Å²) in [5.41, 5.74) is 7.08. The Labute approximate surface area is 128 Å². The largest absolute Gasteiger partial charge is 0.497 e. The first kappa shape index (κ1) is 17.3. The Bertz CT molecular complexity index is 457. The monoisotopic (exact) mass is 292 g/mol. The number of hydrogen-bond donors (Lipinski definition) is 2. The van der Waals surface area contributed by atoms with Crippen LogP contribution < -0.4 is 15.8 Å². The molecule has 0 aliphatic heterocycles. The molecule has 0 aliphatic carbocycles. The van der Waals surface area contributed by atoms with Crippen molar-refractivity contribution in [3.63, 3.8) is 0 Å². The van der Waals surface area contributed by atoms with Gasteiger partial charge in [0.05, 0.1) is 13.2 Å². The van der Waals surface area contributed by atoms with Gasteiger partial charge in [0.2, 0.25) is 0 Å². The third kappa shape index (κ3) is 6.04. The SMILES string of the molecule is COc1cccc(C(CNC(N)=NCC(C)C)N(C)C)c1. The van der Waals surface area contributed by atoms with Crippen LogP contribution in [-0.4, -0.2) is 45.2 Å². The van der Waals surface area contributed by atoms with Gasteiger partial charge in [-0.3, -0.25) is 4.99 Å². The summed E-state index contributed by atoms with van der Waals surface area (Å²) in [6.07, 6.45) is 0. The van der Waals surface area contributed by atoms with E-state index in [9.17, 15) is 0 Å². The summed E-state index contributed by atoms with van der Waals surface area (Å²) in [6, 6.07) is 8.29. The minimum Gasteiger partial charge on any atom is -0.497 e. The highest BCUT2D eigenvalue weighted by Crippen LogP contribution is 2.21. The summed E-state index contributed by atoms with van der Waals surface area (Å²) in [6.45, 7) is 5.68. The maximum absolute atomic E-state index is 5.90. The van der Waals surface area contributed by atoms with Gasteiger partial charge < -0.3 is 20.7 Å². The number of ether oxygens (including phenoxy) is 1. The number of rotatable bonds is 7. The fraction of sp³-hybridized carbons (Fsp3) is 0.562. The Morgan fingerprint density at radius 2 is 2.10 bits per heavy atom. The predicted molar refractivity (Wildman–Crippen MR) is 88.8 cm³/mol. The summed E-state index contributed by atoms with van der Waals surface area (Å²) in [5.74, 6) is 1.87. The van der Waals surface area contributed by atoms with E-state index in [0.29, 0.717) is 18.4 Å². The minimum atomic E-state index is 0.202. The van der Waals surface area contributed by atoms with Crippen molar-refractivity contribution in [3.8, 4) is 5.75 Å². The molecule has 0 heterocycles. The van der Waals surface area contributed by atoms with Gasteiger partial charge in [-0.15, -0.1) is 0 Å². The van der Waals surface area contributed by atoms with Crippen molar-refractivity contribution in [2.45, 2.75) is 19.9 Å². The lowest BCUT2D eigenvalue weighted by molar-refractivity contribution is 0.297. The van der Waals surface area contributed by atoms with Crippen molar-refractivity contribution in [1.29, 1.82) is 0 Å². The average molecular weight is 292 g/mol. The molecule has 0 saturated heterocycles. The molecular formula is C16H28N4O. The van der Waals surface area contributed by atoms with Crippen molar-refractivity contribution in [2.24, 2.45) is 16.6 Å². The van der Waals surface area contributed by atoms with Crippen LogP contribution in [0, 0.1) is 5.92 Å². The first-order valence-corrected chi connectivity index (χ1v) is 7.28. The maximum atomic E-state index is 5.90. The van der Waals surface area contributed by atoms with Gasteiger partial charge in [0, 0.05) is 13.1 Å². The second-order valence-corrected chi connectivity index (χ2v) is 5.76. The summed E-state index contributed by atoms with van der Waals surface area (Å²) >= 11 is 0. The van der Waals surface area contributed by atoms with Crippen molar-refractivity contribution in [1.82, 2.24) is 10.2 Å². The van der Waals surface area contributed by atoms with Gasteiger partial charge in [0.25, 0.3) is 0 Å². The number of nitrogens with one attached hydrogen (secondary N) is 1. The number of methoxy groups -OCH3 is 1. The van der Waals surface area contributed by atoms with Crippen LogP contribution in [0.3, 0.4) is 0 Å². The number of nitrogens with two attached hydrogens (primary N) is 1. The molecule has 118 valence electrons. The van der Waals surface area contributed by atoms with Crippen LogP contribution in [0.15, 0.2) is 29.3 Å². The molecule has 0 bridgehead atoms. The molecule has 0 saturated carbocycles. The zero-order valence-corrected chi connectivity index (χ0v) is 13.8. The molecule has 0 amide bonds. The third-order valence-corrected chi connectivity index (χ3v) is 3.21. The topological polar surface area (TPSA) is 62.9 Å². The second-order valence-electron chi connectivity index (χ2n) is 5.76. The summed E-state index contributed by atoms with van der Waals surface area (Å²) < 4.78 is 5.29. The Kier molecular flexibility index (Phi) is 7.02. The number of guanidine groups is 1. The molecule has 3 N–H and O–H groups in total. The number of hydrogen-bond acceptors (Lipinski definition) is 3. The van der Waals surface area contributed by atoms with Gasteiger partial charge in [-0.05, 0) is 37.7 Å². The highest BCUT2D eigenvalue weighted by atomic mass is 16.5. The fourth-order valence-corrected chi connectivity index (χ4v) is 1.99. The maximum Gasteiger partial charge on any atom is 0.188 e. The minimum absolute atomic E-state index is 0.202. The molecular weight excluding hydrogens is 264 g/mol. The van der Waals surface area contributed by atoms with Gasteiger partial charge in [-0.25, -0.2) is 0 Å². The molecule has 1 atom stereocenters. The van der Waals surface area contributed by atoms with E-state index in [1.807, 2.05) is 32.3 Å². The van der Waals surface area contributed by atoms with E-state index in [1.54, 1.807) is 7.11 Å². The van der Waals surface area contributed by atoms with Crippen molar-refractivity contribution < 1.29 is 4.74 Å². The van der Waals surface area contributed by atoms with E-state index in [-0.39, 0.29) is 6.04 Å². The Morgan fingerprint density at radius 3 is 2.67 bits per heavy atom. The van der Waals surface area contributed by atoms with Crippen LogP contribution in [0.1, 0.15) is 25.5 Å². The number of nitrogens with zero attached hydrogens (tertiary/aromatic N) is 2. The van der Waals surface area contributed by atoms with Gasteiger partial charge in [0.15, 0.2) is 5.96 Å². The van der Waals surface area contributed by atoms with Gasteiger partial charge in [-0.2, -0.15) is 0 Å². The van der Waals surface area contributed by atoms with E-state index < -0.39 is 0 Å². The molecule has 5 nitrogen and oxygen atoms in total. The average Bonchev–Trinajstić information content (AvgIpc) is 2.45. The molecule has 1 aromatic carbocycles. The lowest BCUT2D eigenvalue weighted by Gasteiger charge is -2.25. The van der Waals surface area contributed by atoms with E-state index in [0.717, 1.165) is 12.3 Å². The molecule has 5 heteroatoms. The lowest BCUT2D eigenvalue weighted by atomic mass is 10.1. The highest BCUT2D eigenvalue weighted by molar-refractivity contribution is 5.77. The van der Waals surface area contributed by atoms with Gasteiger partial charge >= 0.3 is 0 Å². The van der Waals surface area contributed by atoms with E-state index in [1.165, 1.54) is 5.56 Å². The van der Waals surface area contributed by atoms with Crippen molar-refractivity contribution in [3.05, 3.63) is 29.8 Å². The van der Waals surface area contributed by atoms with Crippen LogP contribution in [0.4, 0.5) is 0 Å². The summed E-state index contributed by atoms with van der Waals surface area (Å²) in [7, 11) is 5.78. The molecule has 0 radical (unpaired) electrons. The van der Waals surface area contributed by atoms with Crippen LogP contribution in [0.5, 0.6) is 5.75 Å². The first-order chi connectivity index (χ1) is 9.93. The molecule has 0 aliphatic rings. The molecule has 1 unspecified atom stereocenters. The Hall–Kier alpha value is -1.75. The van der Waals surface area contributed by atoms with Crippen molar-refractivity contribution in [2.75, 3.05) is 34.3 Å². The molecule has 1 rings (SSSR count). The van der Waals surface area contributed by atoms with Crippen LogP contribution >= 0.6 is 0 Å². The Balaban J connectivity index is 2.72. The molecule has 21 heavy (non-hydrogen) atoms. The quantitative estimate of drug-likeness (QED) is 0.595. The van der Waals surface area contributed by atoms with Gasteiger partial charge in [0.1, 0.15) is 5.75 Å². The molecule has 1 aromatic rings. The van der Waals surface area contributed by atoms with E-state index >= 15 is 0 Å².